The third kappa shape index (κ3) is 5.42. The number of hydrogen-bond acceptors (Lipinski definition) is 6. The van der Waals surface area contributed by atoms with Crippen LogP contribution in [0.1, 0.15) is 28.0 Å². The monoisotopic (exact) mass is 398 g/mol. The summed E-state index contributed by atoms with van der Waals surface area (Å²) in [4.78, 5) is 29.0. The Kier molecular flexibility index (Phi) is 6.26. The molecule has 1 heterocycles. The number of rotatable bonds is 6. The number of hydrogen-bond donors (Lipinski definition) is 1. The van der Waals surface area contributed by atoms with Crippen molar-refractivity contribution in [1.29, 1.82) is 0 Å². The second-order valence-corrected chi connectivity index (χ2v) is 7.82. The molecule has 7 heteroatoms. The van der Waals surface area contributed by atoms with Gasteiger partial charge in [-0.05, 0) is 43.3 Å². The second kappa shape index (κ2) is 8.83. The molecule has 0 spiro atoms. The smallest absolute Gasteiger partial charge is 0.344 e. The third-order valence-corrected chi connectivity index (χ3v) is 5.46. The Labute approximate surface area is 165 Å². The molecule has 0 saturated carbocycles. The average Bonchev–Trinajstić information content (AvgIpc) is 3.07. The molecule has 0 aliphatic heterocycles. The van der Waals surface area contributed by atoms with Crippen LogP contribution in [0.2, 0.25) is 0 Å². The van der Waals surface area contributed by atoms with Crippen LogP contribution in [0.3, 0.4) is 0 Å². The Morgan fingerprint density at radius 1 is 1.15 bits per heavy atom. The second-order valence-electron chi connectivity index (χ2n) is 5.74. The normalized spacial score (nSPS) is 10.4. The summed E-state index contributed by atoms with van der Waals surface area (Å²) >= 11 is 3.17. The van der Waals surface area contributed by atoms with Crippen molar-refractivity contribution >= 4 is 40.7 Å². The van der Waals surface area contributed by atoms with Crippen LogP contribution in [-0.2, 0) is 10.5 Å². The van der Waals surface area contributed by atoms with Crippen LogP contribution in [0.15, 0.2) is 58.8 Å². The Morgan fingerprint density at radius 2 is 1.89 bits per heavy atom. The van der Waals surface area contributed by atoms with Crippen molar-refractivity contribution in [1.82, 2.24) is 4.98 Å². The van der Waals surface area contributed by atoms with E-state index in [1.54, 1.807) is 53.4 Å². The Balaban J connectivity index is 1.68. The highest BCUT2D eigenvalue weighted by molar-refractivity contribution is 7.98. The fraction of sp³-hybridized carbons (Fsp3) is 0.150. The molecule has 27 heavy (non-hydrogen) atoms. The Bertz CT molecular complexity index is 952. The molecule has 138 valence electrons. The first-order valence-electron chi connectivity index (χ1n) is 8.24. The van der Waals surface area contributed by atoms with E-state index < -0.39 is 5.97 Å². The average molecular weight is 399 g/mol. The number of thiazole rings is 1. The number of aryl methyl sites for hydroxylation is 1. The van der Waals surface area contributed by atoms with E-state index in [9.17, 15) is 9.59 Å². The fourth-order valence-corrected chi connectivity index (χ4v) is 4.01. The molecule has 1 amide bonds. The number of thioether (sulfide) groups is 1. The number of nitrogens with one attached hydrogen (secondary N) is 1. The molecule has 0 aliphatic carbocycles. The van der Waals surface area contributed by atoms with Gasteiger partial charge in [-0.25, -0.2) is 9.78 Å². The van der Waals surface area contributed by atoms with Gasteiger partial charge in [-0.3, -0.25) is 4.79 Å². The number of anilines is 1. The van der Waals surface area contributed by atoms with Crippen LogP contribution in [-0.4, -0.2) is 16.9 Å². The number of esters is 1. The van der Waals surface area contributed by atoms with Crippen molar-refractivity contribution in [3.05, 3.63) is 70.2 Å². The van der Waals surface area contributed by atoms with Gasteiger partial charge in [0.25, 0.3) is 0 Å². The van der Waals surface area contributed by atoms with Crippen molar-refractivity contribution < 1.29 is 14.3 Å². The van der Waals surface area contributed by atoms with E-state index in [2.05, 4.69) is 10.3 Å². The van der Waals surface area contributed by atoms with Crippen LogP contribution in [0, 0.1) is 6.92 Å². The van der Waals surface area contributed by atoms with Crippen molar-refractivity contribution in [3.8, 4) is 5.75 Å². The van der Waals surface area contributed by atoms with E-state index in [0.717, 1.165) is 15.6 Å². The minimum Gasteiger partial charge on any atom is -0.423 e. The number of benzene rings is 2. The van der Waals surface area contributed by atoms with Gasteiger partial charge < -0.3 is 10.1 Å². The number of ether oxygens (including phenoxy) is 1. The number of aromatic nitrogens is 1. The number of amides is 1. The lowest BCUT2D eigenvalue weighted by atomic mass is 10.2. The first-order chi connectivity index (χ1) is 13.0. The van der Waals surface area contributed by atoms with Crippen molar-refractivity contribution in [2.24, 2.45) is 0 Å². The molecule has 3 rings (SSSR count). The molecular weight excluding hydrogens is 380 g/mol. The van der Waals surface area contributed by atoms with Gasteiger partial charge in [0.1, 0.15) is 5.75 Å². The number of carbonyl (C=O) groups is 2. The van der Waals surface area contributed by atoms with E-state index in [0.29, 0.717) is 22.8 Å². The van der Waals surface area contributed by atoms with Gasteiger partial charge in [0.2, 0.25) is 5.91 Å². The largest absolute Gasteiger partial charge is 0.423 e. The SMILES string of the molecule is CC(=O)Nc1ccc(OC(=O)c2ccccc2SCc2csc(C)n2)cc1. The van der Waals surface area contributed by atoms with Crippen molar-refractivity contribution in [2.75, 3.05) is 5.32 Å². The highest BCUT2D eigenvalue weighted by Crippen LogP contribution is 2.28. The van der Waals surface area contributed by atoms with Crippen LogP contribution in [0.4, 0.5) is 5.69 Å². The van der Waals surface area contributed by atoms with Gasteiger partial charge in [0, 0.05) is 28.6 Å². The maximum absolute atomic E-state index is 12.6. The first-order valence-corrected chi connectivity index (χ1v) is 10.1. The highest BCUT2D eigenvalue weighted by Gasteiger charge is 2.14. The maximum Gasteiger partial charge on any atom is 0.344 e. The highest BCUT2D eigenvalue weighted by atomic mass is 32.2. The molecule has 0 fully saturated rings. The molecule has 0 aliphatic rings. The van der Waals surface area contributed by atoms with E-state index in [1.807, 2.05) is 30.5 Å². The Morgan fingerprint density at radius 3 is 2.56 bits per heavy atom. The maximum atomic E-state index is 12.6. The minimum atomic E-state index is -0.417. The molecule has 0 unspecified atom stereocenters. The van der Waals surface area contributed by atoms with Gasteiger partial charge in [0.05, 0.1) is 16.3 Å². The van der Waals surface area contributed by atoms with Gasteiger partial charge in [0.15, 0.2) is 0 Å². The molecular formula is C20H18N2O3S2. The summed E-state index contributed by atoms with van der Waals surface area (Å²) in [5.41, 5.74) is 2.16. The predicted octanol–water partition coefficient (Wildman–Crippen LogP) is 4.92. The topological polar surface area (TPSA) is 68.3 Å². The van der Waals surface area contributed by atoms with Crippen LogP contribution >= 0.6 is 23.1 Å². The number of nitrogens with zero attached hydrogens (tertiary/aromatic N) is 1. The zero-order valence-electron chi connectivity index (χ0n) is 14.9. The molecule has 0 radical (unpaired) electrons. The molecule has 0 atom stereocenters. The lowest BCUT2D eigenvalue weighted by molar-refractivity contribution is -0.114. The quantitative estimate of drug-likeness (QED) is 0.363. The summed E-state index contributed by atoms with van der Waals surface area (Å²) in [5, 5.41) is 5.73. The lowest BCUT2D eigenvalue weighted by Gasteiger charge is -2.09. The van der Waals surface area contributed by atoms with Crippen LogP contribution in [0.25, 0.3) is 0 Å². The zero-order chi connectivity index (χ0) is 19.2. The third-order valence-electron chi connectivity index (χ3n) is 3.53. The van der Waals surface area contributed by atoms with Gasteiger partial charge >= 0.3 is 5.97 Å². The van der Waals surface area contributed by atoms with E-state index in [1.165, 1.54) is 6.92 Å². The Hall–Kier alpha value is -2.64. The van der Waals surface area contributed by atoms with E-state index in [-0.39, 0.29) is 5.91 Å². The first kappa shape index (κ1) is 19.1. The van der Waals surface area contributed by atoms with Gasteiger partial charge in [-0.1, -0.05) is 12.1 Å². The predicted molar refractivity (Wildman–Crippen MR) is 109 cm³/mol. The molecule has 1 aromatic heterocycles. The molecule has 5 nitrogen and oxygen atoms in total. The zero-order valence-corrected chi connectivity index (χ0v) is 16.5. The van der Waals surface area contributed by atoms with Crippen LogP contribution < -0.4 is 10.1 Å². The molecule has 0 bridgehead atoms. The van der Waals surface area contributed by atoms with E-state index in [4.69, 9.17) is 4.74 Å². The lowest BCUT2D eigenvalue weighted by Crippen LogP contribution is -2.10. The summed E-state index contributed by atoms with van der Waals surface area (Å²) in [6.45, 7) is 3.41. The van der Waals surface area contributed by atoms with E-state index >= 15 is 0 Å². The minimum absolute atomic E-state index is 0.152. The van der Waals surface area contributed by atoms with Crippen LogP contribution in [0.5, 0.6) is 5.75 Å². The fourth-order valence-electron chi connectivity index (χ4n) is 2.36. The summed E-state index contributed by atoms with van der Waals surface area (Å²) in [6, 6.07) is 14.0. The standard InChI is InChI=1S/C20H18N2O3S2/c1-13(23)21-15-7-9-17(10-8-15)25-20(24)18-5-3-4-6-19(18)27-12-16-11-26-14(2)22-16/h3-11H,12H2,1-2H3,(H,21,23). The van der Waals surface area contributed by atoms with Crippen molar-refractivity contribution in [2.45, 2.75) is 24.5 Å². The van der Waals surface area contributed by atoms with Crippen molar-refractivity contribution in [3.63, 3.8) is 0 Å². The molecule has 3 aromatic rings. The number of carbonyl (C=O) groups excluding carboxylic acids is 2. The summed E-state index contributed by atoms with van der Waals surface area (Å²) < 4.78 is 5.48. The van der Waals surface area contributed by atoms with Gasteiger partial charge in [-0.2, -0.15) is 0 Å². The van der Waals surface area contributed by atoms with Gasteiger partial charge in [-0.15, -0.1) is 23.1 Å². The summed E-state index contributed by atoms with van der Waals surface area (Å²) in [5.74, 6) is 0.546. The summed E-state index contributed by atoms with van der Waals surface area (Å²) in [6.07, 6.45) is 0. The molecule has 0 saturated heterocycles. The summed E-state index contributed by atoms with van der Waals surface area (Å²) in [7, 11) is 0. The molecule has 1 N–H and O–H groups in total. The molecule has 2 aromatic carbocycles.